The number of ether oxygens (including phenoxy) is 2. The number of likely N-dealkylation sites (tertiary alicyclic amines) is 2. The summed E-state index contributed by atoms with van der Waals surface area (Å²) in [6.45, 7) is 28.0. The van der Waals surface area contributed by atoms with Crippen molar-refractivity contribution < 1.29 is 23.9 Å². The van der Waals surface area contributed by atoms with Crippen LogP contribution in [-0.4, -0.2) is 132 Å². The number of amides is 2. The van der Waals surface area contributed by atoms with Crippen LogP contribution in [0.5, 0.6) is 0 Å². The Kier molecular flexibility index (Phi) is 21.9. The maximum Gasteiger partial charge on any atom is 0.410 e. The Balaban J connectivity index is 0.000000198. The molecule has 85 heavy (non-hydrogen) atoms. The largest absolute Gasteiger partial charge is 0.466 e. The van der Waals surface area contributed by atoms with Crippen molar-refractivity contribution in [3.05, 3.63) is 176 Å². The Bertz CT molecular complexity index is 3250. The van der Waals surface area contributed by atoms with Gasteiger partial charge in [0.1, 0.15) is 5.60 Å². The molecule has 3 aliphatic heterocycles. The number of benzene rings is 4. The average molecular weight is 1210 g/mol. The van der Waals surface area contributed by atoms with Crippen LogP contribution in [0.15, 0.2) is 115 Å². The van der Waals surface area contributed by atoms with Crippen LogP contribution in [0, 0.1) is 13.1 Å². The molecule has 15 nitrogen and oxygen atoms in total. The summed E-state index contributed by atoms with van der Waals surface area (Å²) in [5.41, 5.74) is 5.83. The van der Waals surface area contributed by atoms with Crippen molar-refractivity contribution in [1.82, 2.24) is 29.3 Å². The molecule has 0 radical (unpaired) electrons. The van der Waals surface area contributed by atoms with Crippen molar-refractivity contribution in [2.45, 2.75) is 133 Å². The first-order chi connectivity index (χ1) is 40.8. The maximum atomic E-state index is 13.1. The minimum Gasteiger partial charge on any atom is -0.466 e. The molecule has 0 atom stereocenters. The summed E-state index contributed by atoms with van der Waals surface area (Å²) in [6.07, 6.45) is 13.1. The molecule has 4 fully saturated rings. The highest BCUT2D eigenvalue weighted by molar-refractivity contribution is 6.31. The van der Waals surface area contributed by atoms with Crippen LogP contribution in [0.3, 0.4) is 0 Å². The van der Waals surface area contributed by atoms with E-state index in [-0.39, 0.29) is 40.3 Å². The molecule has 4 aliphatic rings. The van der Waals surface area contributed by atoms with Gasteiger partial charge >= 0.3 is 12.1 Å². The third-order valence-electron chi connectivity index (χ3n) is 17.5. The highest BCUT2D eigenvalue weighted by Crippen LogP contribution is 2.43. The molecular weight excluding hydrogens is 1130 g/mol. The number of aromatic nitrogens is 3. The summed E-state index contributed by atoms with van der Waals surface area (Å²) >= 11 is 18.1. The lowest BCUT2D eigenvalue weighted by Gasteiger charge is -2.42. The Morgan fingerprint density at radius 3 is 1.71 bits per heavy atom. The molecule has 450 valence electrons. The van der Waals surface area contributed by atoms with Gasteiger partial charge in [-0.25, -0.2) is 22.5 Å². The van der Waals surface area contributed by atoms with Crippen LogP contribution in [0.2, 0.25) is 15.1 Å². The Morgan fingerprint density at radius 1 is 0.694 bits per heavy atom. The molecule has 6 aromatic rings. The second-order valence-electron chi connectivity index (χ2n) is 24.2. The number of esters is 1. The number of anilines is 3. The van der Waals surface area contributed by atoms with Crippen molar-refractivity contribution >= 4 is 75.7 Å². The number of carbonyl (C=O) groups is 3. The van der Waals surface area contributed by atoms with Gasteiger partial charge in [0.15, 0.2) is 5.65 Å². The number of hydrogen-bond donors (Lipinski definition) is 1. The summed E-state index contributed by atoms with van der Waals surface area (Å²) in [5.74, 6) is 0.341. The van der Waals surface area contributed by atoms with Gasteiger partial charge in [-0.3, -0.25) is 9.59 Å². The number of rotatable bonds is 13. The molecule has 2 aromatic heterocycles. The Labute approximate surface area is 517 Å². The summed E-state index contributed by atoms with van der Waals surface area (Å²) in [7, 11) is 4.03. The van der Waals surface area contributed by atoms with Gasteiger partial charge < -0.3 is 44.1 Å². The molecule has 1 saturated carbocycles. The number of halogens is 3. The first kappa shape index (κ1) is 64.1. The van der Waals surface area contributed by atoms with Gasteiger partial charge in [0.2, 0.25) is 19.0 Å². The van der Waals surface area contributed by atoms with Crippen LogP contribution in [0.25, 0.3) is 15.3 Å². The summed E-state index contributed by atoms with van der Waals surface area (Å²) in [4.78, 5) is 58.4. The van der Waals surface area contributed by atoms with Crippen LogP contribution < -0.4 is 10.2 Å². The zero-order chi connectivity index (χ0) is 60.8. The third-order valence-corrected chi connectivity index (χ3v) is 18.2. The SMILES string of the molecule is CCOC(=O)CC1(c2ccc(Cl)cc2)CCN(c2cccn3nc(Nc4ccc(C(=O)N(C)C5CCN(C)CC5)cc4)nc23)CC1.[C-]#[N+]CC1(c2ccc(Cl)cc2)CCCCC1.[C-]#[N+]CC1(c2ccc(Cl)cc2)CCN(C(=O)OC(C)(C)C)CC1. The van der Waals surface area contributed by atoms with Crippen molar-refractivity contribution in [2.75, 3.05) is 83.3 Å². The van der Waals surface area contributed by atoms with Gasteiger partial charge in [-0.05, 0) is 189 Å². The number of carbonyl (C=O) groups excluding carboxylic acids is 3. The van der Waals surface area contributed by atoms with Gasteiger partial charge in [-0.1, -0.05) is 90.5 Å². The lowest BCUT2D eigenvalue weighted by molar-refractivity contribution is -0.145. The van der Waals surface area contributed by atoms with Crippen molar-refractivity contribution in [1.29, 1.82) is 0 Å². The fraction of sp³-hybridized carbons (Fsp3) is 0.478. The number of nitrogens with zero attached hydrogens (tertiary/aromatic N) is 9. The lowest BCUT2D eigenvalue weighted by atomic mass is 9.69. The molecule has 1 N–H and O–H groups in total. The predicted octanol–water partition coefficient (Wildman–Crippen LogP) is 14.8. The summed E-state index contributed by atoms with van der Waals surface area (Å²) < 4.78 is 12.6. The van der Waals surface area contributed by atoms with E-state index < -0.39 is 5.60 Å². The molecule has 2 amide bonds. The van der Waals surface area contributed by atoms with Gasteiger partial charge in [-0.2, -0.15) is 4.98 Å². The monoisotopic (exact) mass is 1210 g/mol. The Morgan fingerprint density at radius 2 is 1.20 bits per heavy atom. The van der Waals surface area contributed by atoms with Gasteiger partial charge in [0, 0.05) is 77.2 Å². The van der Waals surface area contributed by atoms with Gasteiger partial charge in [0.25, 0.3) is 5.91 Å². The topological polar surface area (TPSA) is 134 Å². The van der Waals surface area contributed by atoms with Crippen LogP contribution in [0.1, 0.15) is 132 Å². The highest BCUT2D eigenvalue weighted by atomic mass is 35.5. The maximum absolute atomic E-state index is 13.1. The van der Waals surface area contributed by atoms with Crippen molar-refractivity contribution in [3.8, 4) is 0 Å². The van der Waals surface area contributed by atoms with Crippen molar-refractivity contribution in [3.63, 3.8) is 0 Å². The standard InChI is InChI=1S/C35H42ClN7O3.C18H23ClN2O2.C14H16ClN/c1-4-46-31(44)24-35(26-9-11-27(36)12-10-26)17-22-42(23-18-35)30-6-5-19-43-32(30)38-34(39-43)37-28-13-7-25(8-14-28)33(45)41(3)29-15-20-40(2)21-16-29;1-17(2,3)23-16(22)21-11-9-18(10-12-21,13-20-4)14-5-7-15(19)8-6-14;1-16-11-14(9-3-2-4-10-14)12-5-7-13(15)8-6-12/h5-14,19,29H,4,15-18,20-24H2,1-3H3,(H,37,39);5-8H,9-13H2,1-3H3;5-8H,2-4,9-11H2. The smallest absolute Gasteiger partial charge is 0.410 e. The van der Waals surface area contributed by atoms with E-state index in [1.54, 1.807) is 9.42 Å². The van der Waals surface area contributed by atoms with E-state index >= 15 is 0 Å². The molecule has 4 aromatic carbocycles. The van der Waals surface area contributed by atoms with E-state index in [1.165, 1.54) is 24.8 Å². The Hall–Kier alpha value is -6.88. The first-order valence-electron chi connectivity index (χ1n) is 29.8. The van der Waals surface area contributed by atoms with E-state index in [0.29, 0.717) is 60.8 Å². The minimum absolute atomic E-state index is 0.0421. The molecule has 18 heteroatoms. The lowest BCUT2D eigenvalue weighted by Crippen LogP contribution is -2.47. The highest BCUT2D eigenvalue weighted by Gasteiger charge is 2.42. The van der Waals surface area contributed by atoms with Crippen LogP contribution >= 0.6 is 34.8 Å². The first-order valence-corrected chi connectivity index (χ1v) is 30.9. The quantitative estimate of drug-likeness (QED) is 0.0880. The molecule has 0 unspecified atom stereocenters. The normalized spacial score (nSPS) is 17.6. The zero-order valence-electron chi connectivity index (χ0n) is 50.1. The number of pyridine rings is 1. The molecule has 5 heterocycles. The van der Waals surface area contributed by atoms with E-state index in [1.807, 2.05) is 137 Å². The molecular formula is C67H81Cl3N10O5. The number of hydrogen-bond acceptors (Lipinski definition) is 10. The average Bonchev–Trinajstić information content (AvgIpc) is 4.14. The van der Waals surface area contributed by atoms with Crippen LogP contribution in [0.4, 0.5) is 22.1 Å². The van der Waals surface area contributed by atoms with Gasteiger partial charge in [-0.15, -0.1) is 5.10 Å². The van der Waals surface area contributed by atoms with E-state index in [0.717, 1.165) is 111 Å². The van der Waals surface area contributed by atoms with Crippen LogP contribution in [-0.2, 0) is 30.5 Å². The molecule has 3 saturated heterocycles. The number of fused-ring (bicyclic) bond motifs is 1. The second kappa shape index (κ2) is 29.0. The number of nitrogens with one attached hydrogen (secondary N) is 1. The van der Waals surface area contributed by atoms with E-state index in [9.17, 15) is 14.4 Å². The fourth-order valence-corrected chi connectivity index (χ4v) is 12.8. The van der Waals surface area contributed by atoms with Gasteiger partial charge in [0.05, 0.1) is 29.5 Å². The van der Waals surface area contributed by atoms with Crippen molar-refractivity contribution in [2.24, 2.45) is 0 Å². The zero-order valence-corrected chi connectivity index (χ0v) is 52.4. The fourth-order valence-electron chi connectivity index (χ4n) is 12.5. The van der Waals surface area contributed by atoms with E-state index in [2.05, 4.69) is 55.2 Å². The third kappa shape index (κ3) is 16.6. The molecule has 10 rings (SSSR count). The summed E-state index contributed by atoms with van der Waals surface area (Å²) in [5, 5.41) is 10.1. The minimum atomic E-state index is -0.488. The van der Waals surface area contributed by atoms with E-state index in [4.69, 9.17) is 62.4 Å². The number of piperidine rings is 3. The summed E-state index contributed by atoms with van der Waals surface area (Å²) in [6, 6.07) is 35.5. The molecule has 0 bridgehead atoms. The molecule has 0 spiro atoms. The molecule has 1 aliphatic carbocycles. The second-order valence-corrected chi connectivity index (χ2v) is 25.6. The predicted molar refractivity (Wildman–Crippen MR) is 340 cm³/mol.